The zero-order valence-electron chi connectivity index (χ0n) is 11.8. The number of hydrogen-bond donors (Lipinski definition) is 1. The molecule has 0 spiro atoms. The number of hydrogen-bond acceptors (Lipinski definition) is 3. The summed E-state index contributed by atoms with van der Waals surface area (Å²) in [5.74, 6) is 3.29. The molecule has 21 heavy (non-hydrogen) atoms. The van der Waals surface area contributed by atoms with Crippen molar-refractivity contribution in [3.05, 3.63) is 58.3 Å². The van der Waals surface area contributed by atoms with Gasteiger partial charge >= 0.3 is 0 Å². The molecule has 0 bridgehead atoms. The highest BCUT2D eigenvalue weighted by molar-refractivity contribution is 9.10. The Kier molecular flexibility index (Phi) is 5.79. The second kappa shape index (κ2) is 7.82. The van der Waals surface area contributed by atoms with Gasteiger partial charge in [-0.2, -0.15) is 0 Å². The van der Waals surface area contributed by atoms with Gasteiger partial charge in [0.05, 0.1) is 5.69 Å². The van der Waals surface area contributed by atoms with E-state index >= 15 is 0 Å². The lowest BCUT2D eigenvalue weighted by molar-refractivity contribution is 0.363. The van der Waals surface area contributed by atoms with E-state index in [1.54, 1.807) is 6.20 Å². The summed E-state index contributed by atoms with van der Waals surface area (Å²) in [4.78, 5) is 4.35. The number of rotatable bonds is 6. The van der Waals surface area contributed by atoms with Crippen LogP contribution in [0.5, 0.6) is 5.75 Å². The maximum absolute atomic E-state index is 5.57. The fourth-order valence-electron chi connectivity index (χ4n) is 1.95. The highest BCUT2D eigenvalue weighted by Crippen LogP contribution is 2.24. The van der Waals surface area contributed by atoms with E-state index in [1.165, 1.54) is 0 Å². The van der Waals surface area contributed by atoms with E-state index < -0.39 is 0 Å². The van der Waals surface area contributed by atoms with Crippen LogP contribution in [0, 0.1) is 12.3 Å². The van der Waals surface area contributed by atoms with Crippen LogP contribution in [0.3, 0.4) is 0 Å². The Labute approximate surface area is 133 Å². The van der Waals surface area contributed by atoms with Crippen molar-refractivity contribution in [3.8, 4) is 18.1 Å². The van der Waals surface area contributed by atoms with Crippen LogP contribution in [0.25, 0.3) is 0 Å². The highest BCUT2D eigenvalue weighted by Gasteiger charge is 2.09. The van der Waals surface area contributed by atoms with Crippen LogP contribution in [0.2, 0.25) is 0 Å². The second-order valence-corrected chi connectivity index (χ2v) is 5.52. The highest BCUT2D eigenvalue weighted by atomic mass is 79.9. The average Bonchev–Trinajstić information content (AvgIpc) is 2.52. The van der Waals surface area contributed by atoms with Gasteiger partial charge in [-0.05, 0) is 37.3 Å². The Morgan fingerprint density at radius 3 is 2.95 bits per heavy atom. The molecule has 2 rings (SSSR count). The van der Waals surface area contributed by atoms with Crippen molar-refractivity contribution in [1.29, 1.82) is 0 Å². The zero-order valence-corrected chi connectivity index (χ0v) is 13.4. The van der Waals surface area contributed by atoms with E-state index in [-0.39, 0.29) is 12.6 Å². The van der Waals surface area contributed by atoms with Crippen molar-refractivity contribution in [2.45, 2.75) is 19.5 Å². The Hall–Kier alpha value is -1.83. The molecular formula is C17H17BrN2O. The molecule has 1 atom stereocenters. The molecule has 0 aliphatic rings. The molecule has 1 aromatic heterocycles. The van der Waals surface area contributed by atoms with E-state index in [1.807, 2.05) is 36.4 Å². The minimum absolute atomic E-state index is 0.158. The molecule has 0 saturated heterocycles. The van der Waals surface area contributed by atoms with Gasteiger partial charge in [0.25, 0.3) is 0 Å². The molecule has 0 aliphatic heterocycles. The van der Waals surface area contributed by atoms with Crippen molar-refractivity contribution in [2.75, 3.05) is 6.61 Å². The standard InChI is InChI=1S/C17H17BrN2O/c1-3-10-21-17-8-7-15(18)11-14(17)12-20-13(2)16-6-4-5-9-19-16/h1,4-9,11,13,20H,10,12H2,2H3/t13-/m1/s1. The van der Waals surface area contributed by atoms with Gasteiger partial charge in [-0.25, -0.2) is 0 Å². The predicted molar refractivity (Wildman–Crippen MR) is 88.0 cm³/mol. The SMILES string of the molecule is C#CCOc1ccc(Br)cc1CN[C@H](C)c1ccccn1. The lowest BCUT2D eigenvalue weighted by Crippen LogP contribution is -2.19. The molecule has 0 aliphatic carbocycles. The summed E-state index contributed by atoms with van der Waals surface area (Å²) in [6.45, 7) is 3.03. The summed E-state index contributed by atoms with van der Waals surface area (Å²) in [6, 6.07) is 12.0. The second-order valence-electron chi connectivity index (χ2n) is 4.60. The van der Waals surface area contributed by atoms with Gasteiger partial charge in [0.2, 0.25) is 0 Å². The zero-order chi connectivity index (χ0) is 15.1. The number of pyridine rings is 1. The van der Waals surface area contributed by atoms with E-state index in [0.717, 1.165) is 21.5 Å². The predicted octanol–water partition coefficient (Wildman–Crippen LogP) is 3.71. The molecule has 1 N–H and O–H groups in total. The quantitative estimate of drug-likeness (QED) is 0.811. The van der Waals surface area contributed by atoms with E-state index in [0.29, 0.717) is 6.54 Å². The summed E-state index contributed by atoms with van der Waals surface area (Å²) >= 11 is 3.48. The van der Waals surface area contributed by atoms with Gasteiger partial charge in [-0.3, -0.25) is 4.98 Å². The first-order valence-corrected chi connectivity index (χ1v) is 7.49. The third-order valence-corrected chi connectivity index (χ3v) is 3.56. The third-order valence-electron chi connectivity index (χ3n) is 3.06. The van der Waals surface area contributed by atoms with Crippen molar-refractivity contribution in [2.24, 2.45) is 0 Å². The Morgan fingerprint density at radius 2 is 2.24 bits per heavy atom. The maximum atomic E-state index is 5.57. The first-order valence-electron chi connectivity index (χ1n) is 6.69. The van der Waals surface area contributed by atoms with Gasteiger partial charge in [-0.15, -0.1) is 6.42 Å². The van der Waals surface area contributed by atoms with Crippen LogP contribution in [0.15, 0.2) is 47.1 Å². The molecule has 108 valence electrons. The van der Waals surface area contributed by atoms with Crippen LogP contribution in [-0.4, -0.2) is 11.6 Å². The fourth-order valence-corrected chi connectivity index (χ4v) is 2.35. The third kappa shape index (κ3) is 4.59. The lowest BCUT2D eigenvalue weighted by Gasteiger charge is -2.15. The minimum atomic E-state index is 0.158. The Morgan fingerprint density at radius 1 is 1.38 bits per heavy atom. The molecule has 0 unspecified atom stereocenters. The summed E-state index contributed by atoms with van der Waals surface area (Å²) in [5.41, 5.74) is 2.07. The summed E-state index contributed by atoms with van der Waals surface area (Å²) < 4.78 is 6.58. The fraction of sp³-hybridized carbons (Fsp3) is 0.235. The molecular weight excluding hydrogens is 328 g/mol. The molecule has 1 heterocycles. The van der Waals surface area contributed by atoms with Gasteiger partial charge < -0.3 is 10.1 Å². The molecule has 0 fully saturated rings. The lowest BCUT2D eigenvalue weighted by atomic mass is 10.1. The monoisotopic (exact) mass is 344 g/mol. The number of terminal acetylenes is 1. The maximum Gasteiger partial charge on any atom is 0.148 e. The van der Waals surface area contributed by atoms with Crippen molar-refractivity contribution < 1.29 is 4.74 Å². The Balaban J connectivity index is 2.05. The van der Waals surface area contributed by atoms with E-state index in [2.05, 4.69) is 39.1 Å². The molecule has 2 aromatic rings. The van der Waals surface area contributed by atoms with Crippen LogP contribution >= 0.6 is 15.9 Å². The number of aromatic nitrogens is 1. The smallest absolute Gasteiger partial charge is 0.148 e. The molecule has 0 saturated carbocycles. The van der Waals surface area contributed by atoms with Crippen molar-refractivity contribution in [3.63, 3.8) is 0 Å². The summed E-state index contributed by atoms with van der Waals surface area (Å²) in [6.07, 6.45) is 7.05. The number of halogens is 1. The Bertz CT molecular complexity index is 622. The average molecular weight is 345 g/mol. The van der Waals surface area contributed by atoms with Crippen molar-refractivity contribution in [1.82, 2.24) is 10.3 Å². The summed E-state index contributed by atoms with van der Waals surface area (Å²) in [5, 5.41) is 3.44. The minimum Gasteiger partial charge on any atom is -0.481 e. The first-order chi connectivity index (χ1) is 10.2. The van der Waals surface area contributed by atoms with Gasteiger partial charge in [0, 0.05) is 28.8 Å². The van der Waals surface area contributed by atoms with Crippen molar-refractivity contribution >= 4 is 15.9 Å². The first kappa shape index (κ1) is 15.6. The number of nitrogens with zero attached hydrogens (tertiary/aromatic N) is 1. The number of benzene rings is 1. The molecule has 0 radical (unpaired) electrons. The van der Waals surface area contributed by atoms with Crippen LogP contribution < -0.4 is 10.1 Å². The van der Waals surface area contributed by atoms with Crippen LogP contribution in [0.4, 0.5) is 0 Å². The van der Waals surface area contributed by atoms with Crippen LogP contribution in [0.1, 0.15) is 24.2 Å². The van der Waals surface area contributed by atoms with E-state index in [4.69, 9.17) is 11.2 Å². The molecule has 3 nitrogen and oxygen atoms in total. The normalized spacial score (nSPS) is 11.7. The van der Waals surface area contributed by atoms with Gasteiger partial charge in [-0.1, -0.05) is 27.9 Å². The largest absolute Gasteiger partial charge is 0.481 e. The topological polar surface area (TPSA) is 34.1 Å². The molecule has 1 aromatic carbocycles. The van der Waals surface area contributed by atoms with Gasteiger partial charge in [0.1, 0.15) is 12.4 Å². The number of ether oxygens (including phenoxy) is 1. The van der Waals surface area contributed by atoms with Crippen LogP contribution in [-0.2, 0) is 6.54 Å². The number of nitrogens with one attached hydrogen (secondary N) is 1. The van der Waals surface area contributed by atoms with Gasteiger partial charge in [0.15, 0.2) is 0 Å². The van der Waals surface area contributed by atoms with E-state index in [9.17, 15) is 0 Å². The summed E-state index contributed by atoms with van der Waals surface area (Å²) in [7, 11) is 0. The molecule has 4 heteroatoms. The molecule has 0 amide bonds.